The van der Waals surface area contributed by atoms with Crippen LogP contribution in [0.1, 0.15) is 34.8 Å². The zero-order valence-corrected chi connectivity index (χ0v) is 14.0. The lowest BCUT2D eigenvalue weighted by molar-refractivity contribution is 0.754. The van der Waals surface area contributed by atoms with Crippen molar-refractivity contribution < 1.29 is 0 Å². The van der Waals surface area contributed by atoms with E-state index in [0.717, 1.165) is 41.3 Å². The van der Waals surface area contributed by atoms with Gasteiger partial charge in [-0.2, -0.15) is 0 Å². The van der Waals surface area contributed by atoms with Gasteiger partial charge in [-0.25, -0.2) is 9.97 Å². The standard InChI is InChI=1S/C20H20N4/c1-13-14(2)22-20(16-7-5-11-21-12-16)24-19(13)23-18-10-9-15-6-3-4-8-17(15)18/h3-8,11-12,18H,9-10H2,1-2H3,(H,22,23,24). The fourth-order valence-corrected chi connectivity index (χ4v) is 3.27. The zero-order chi connectivity index (χ0) is 16.5. The van der Waals surface area contributed by atoms with Gasteiger partial charge in [-0.1, -0.05) is 24.3 Å². The number of hydrogen-bond donors (Lipinski definition) is 1. The number of hydrogen-bond acceptors (Lipinski definition) is 4. The van der Waals surface area contributed by atoms with Crippen molar-refractivity contribution >= 4 is 5.82 Å². The first-order valence-electron chi connectivity index (χ1n) is 8.32. The van der Waals surface area contributed by atoms with E-state index in [1.54, 1.807) is 12.4 Å². The minimum atomic E-state index is 0.316. The van der Waals surface area contributed by atoms with E-state index in [4.69, 9.17) is 4.98 Å². The lowest BCUT2D eigenvalue weighted by Crippen LogP contribution is -2.11. The van der Waals surface area contributed by atoms with Crippen LogP contribution in [0.3, 0.4) is 0 Å². The summed E-state index contributed by atoms with van der Waals surface area (Å²) in [6.45, 7) is 4.11. The average molecular weight is 316 g/mol. The molecular weight excluding hydrogens is 296 g/mol. The topological polar surface area (TPSA) is 50.7 Å². The van der Waals surface area contributed by atoms with Gasteiger partial charge in [-0.15, -0.1) is 0 Å². The number of aryl methyl sites for hydroxylation is 2. The van der Waals surface area contributed by atoms with Gasteiger partial charge in [0.15, 0.2) is 5.82 Å². The van der Waals surface area contributed by atoms with Crippen LogP contribution < -0.4 is 5.32 Å². The Balaban J connectivity index is 1.70. The number of aromatic nitrogens is 3. The van der Waals surface area contributed by atoms with E-state index in [0.29, 0.717) is 6.04 Å². The molecule has 0 radical (unpaired) electrons. The van der Waals surface area contributed by atoms with E-state index in [9.17, 15) is 0 Å². The van der Waals surface area contributed by atoms with Gasteiger partial charge < -0.3 is 5.32 Å². The number of benzene rings is 1. The maximum atomic E-state index is 4.78. The third-order valence-electron chi connectivity index (χ3n) is 4.75. The summed E-state index contributed by atoms with van der Waals surface area (Å²) in [6.07, 6.45) is 5.79. The number of rotatable bonds is 3. The fraction of sp³-hybridized carbons (Fsp3) is 0.250. The molecule has 0 spiro atoms. The van der Waals surface area contributed by atoms with Gasteiger partial charge in [0.2, 0.25) is 0 Å². The second-order valence-corrected chi connectivity index (χ2v) is 6.28. The van der Waals surface area contributed by atoms with Crippen LogP contribution in [0.15, 0.2) is 48.8 Å². The summed E-state index contributed by atoms with van der Waals surface area (Å²) in [5, 5.41) is 3.64. The Bertz CT molecular complexity index is 874. The number of fused-ring (bicyclic) bond motifs is 1. The van der Waals surface area contributed by atoms with Crippen molar-refractivity contribution in [1.82, 2.24) is 15.0 Å². The third kappa shape index (κ3) is 2.64. The monoisotopic (exact) mass is 316 g/mol. The number of nitrogens with zero attached hydrogens (tertiary/aromatic N) is 3. The largest absolute Gasteiger partial charge is 0.363 e. The van der Waals surface area contributed by atoms with E-state index in [1.807, 2.05) is 19.1 Å². The molecule has 0 aliphatic heterocycles. The third-order valence-corrected chi connectivity index (χ3v) is 4.75. The van der Waals surface area contributed by atoms with E-state index in [2.05, 4.69) is 46.5 Å². The van der Waals surface area contributed by atoms with Gasteiger partial charge in [0, 0.05) is 29.2 Å². The molecule has 120 valence electrons. The predicted octanol–water partition coefficient (Wildman–Crippen LogP) is 4.25. The van der Waals surface area contributed by atoms with Gasteiger partial charge in [-0.3, -0.25) is 4.98 Å². The first-order valence-corrected chi connectivity index (χ1v) is 8.32. The molecule has 0 bridgehead atoms. The van der Waals surface area contributed by atoms with Crippen molar-refractivity contribution in [1.29, 1.82) is 0 Å². The lowest BCUT2D eigenvalue weighted by atomic mass is 10.1. The SMILES string of the molecule is Cc1nc(-c2cccnc2)nc(NC2CCc3ccccc32)c1C. The summed E-state index contributed by atoms with van der Waals surface area (Å²) in [6, 6.07) is 12.9. The molecule has 1 N–H and O–H groups in total. The molecule has 0 fully saturated rings. The van der Waals surface area contributed by atoms with E-state index >= 15 is 0 Å². The van der Waals surface area contributed by atoms with Crippen LogP contribution in [0, 0.1) is 13.8 Å². The van der Waals surface area contributed by atoms with Crippen LogP contribution in [0.5, 0.6) is 0 Å². The Morgan fingerprint density at radius 3 is 2.75 bits per heavy atom. The Morgan fingerprint density at radius 2 is 1.92 bits per heavy atom. The molecule has 2 aromatic heterocycles. The number of nitrogens with one attached hydrogen (secondary N) is 1. The molecule has 1 aromatic carbocycles. The van der Waals surface area contributed by atoms with Gasteiger partial charge in [-0.05, 0) is 49.9 Å². The lowest BCUT2D eigenvalue weighted by Gasteiger charge is -2.18. The molecule has 4 rings (SSSR count). The molecule has 3 aromatic rings. The van der Waals surface area contributed by atoms with Gasteiger partial charge in [0.1, 0.15) is 5.82 Å². The molecule has 24 heavy (non-hydrogen) atoms. The van der Waals surface area contributed by atoms with Crippen LogP contribution in [-0.4, -0.2) is 15.0 Å². The highest BCUT2D eigenvalue weighted by Crippen LogP contribution is 2.34. The molecule has 4 nitrogen and oxygen atoms in total. The van der Waals surface area contributed by atoms with Crippen LogP contribution in [0.25, 0.3) is 11.4 Å². The van der Waals surface area contributed by atoms with Crippen LogP contribution in [-0.2, 0) is 6.42 Å². The highest BCUT2D eigenvalue weighted by molar-refractivity contribution is 5.59. The molecule has 2 heterocycles. The fourth-order valence-electron chi connectivity index (χ4n) is 3.27. The molecule has 1 aliphatic rings. The summed E-state index contributed by atoms with van der Waals surface area (Å²) in [7, 11) is 0. The van der Waals surface area contributed by atoms with Crippen molar-refractivity contribution in [3.63, 3.8) is 0 Å². The summed E-state index contributed by atoms with van der Waals surface area (Å²) in [4.78, 5) is 13.6. The molecule has 0 saturated heterocycles. The minimum Gasteiger partial charge on any atom is -0.363 e. The molecule has 1 unspecified atom stereocenters. The van der Waals surface area contributed by atoms with E-state index in [1.165, 1.54) is 11.1 Å². The Kier molecular flexibility index (Phi) is 3.73. The van der Waals surface area contributed by atoms with Gasteiger partial charge in [0.25, 0.3) is 0 Å². The van der Waals surface area contributed by atoms with Crippen molar-refractivity contribution in [3.05, 3.63) is 71.2 Å². The normalized spacial score (nSPS) is 16.0. The smallest absolute Gasteiger partial charge is 0.163 e. The molecule has 1 atom stereocenters. The maximum absolute atomic E-state index is 4.78. The number of anilines is 1. The molecule has 0 amide bonds. The molecular formula is C20H20N4. The second-order valence-electron chi connectivity index (χ2n) is 6.28. The zero-order valence-electron chi connectivity index (χ0n) is 14.0. The van der Waals surface area contributed by atoms with Crippen LogP contribution in [0.2, 0.25) is 0 Å². The predicted molar refractivity (Wildman–Crippen MR) is 95.9 cm³/mol. The Hall–Kier alpha value is -2.75. The Morgan fingerprint density at radius 1 is 1.04 bits per heavy atom. The Labute approximate surface area is 142 Å². The summed E-state index contributed by atoms with van der Waals surface area (Å²) >= 11 is 0. The molecule has 1 aliphatic carbocycles. The van der Waals surface area contributed by atoms with Crippen LogP contribution >= 0.6 is 0 Å². The summed E-state index contributed by atoms with van der Waals surface area (Å²) in [5.74, 6) is 1.64. The minimum absolute atomic E-state index is 0.316. The molecule has 0 saturated carbocycles. The van der Waals surface area contributed by atoms with E-state index in [-0.39, 0.29) is 0 Å². The van der Waals surface area contributed by atoms with Crippen LogP contribution in [0.4, 0.5) is 5.82 Å². The van der Waals surface area contributed by atoms with Gasteiger partial charge >= 0.3 is 0 Å². The van der Waals surface area contributed by atoms with E-state index < -0.39 is 0 Å². The van der Waals surface area contributed by atoms with Crippen molar-refractivity contribution in [2.45, 2.75) is 32.7 Å². The summed E-state index contributed by atoms with van der Waals surface area (Å²) in [5.41, 5.74) is 5.86. The highest BCUT2D eigenvalue weighted by Gasteiger charge is 2.23. The van der Waals surface area contributed by atoms with Crippen molar-refractivity contribution in [2.75, 3.05) is 5.32 Å². The second kappa shape index (κ2) is 6.04. The first kappa shape index (κ1) is 14.8. The maximum Gasteiger partial charge on any atom is 0.163 e. The number of pyridine rings is 1. The summed E-state index contributed by atoms with van der Waals surface area (Å²) < 4.78 is 0. The quantitative estimate of drug-likeness (QED) is 0.784. The van der Waals surface area contributed by atoms with Gasteiger partial charge in [0.05, 0.1) is 6.04 Å². The van der Waals surface area contributed by atoms with Crippen molar-refractivity contribution in [3.8, 4) is 11.4 Å². The average Bonchev–Trinajstić information content (AvgIpc) is 3.03. The first-order chi connectivity index (χ1) is 11.7. The van der Waals surface area contributed by atoms with Crippen molar-refractivity contribution in [2.24, 2.45) is 0 Å². The highest BCUT2D eigenvalue weighted by atomic mass is 15.1. The molecule has 4 heteroatoms.